The van der Waals surface area contributed by atoms with E-state index in [0.717, 1.165) is 28.9 Å². The molecule has 5 heteroatoms. The molecular formula is C16H27BrClNO2. The Labute approximate surface area is 143 Å². The van der Waals surface area contributed by atoms with Crippen molar-refractivity contribution in [3.05, 3.63) is 22.2 Å². The van der Waals surface area contributed by atoms with Gasteiger partial charge in [-0.2, -0.15) is 0 Å². The molecule has 0 aromatic heterocycles. The first-order valence-electron chi connectivity index (χ1n) is 7.26. The Morgan fingerprint density at radius 2 is 1.71 bits per heavy atom. The zero-order chi connectivity index (χ0) is 15.2. The minimum absolute atomic E-state index is 0. The quantitative estimate of drug-likeness (QED) is 0.692. The Morgan fingerprint density at radius 1 is 1.10 bits per heavy atom. The lowest BCUT2D eigenvalue weighted by atomic mass is 10.0. The minimum Gasteiger partial charge on any atom is -0.490 e. The highest BCUT2D eigenvalue weighted by molar-refractivity contribution is 9.10. The van der Waals surface area contributed by atoms with E-state index < -0.39 is 0 Å². The van der Waals surface area contributed by atoms with E-state index in [-0.39, 0.29) is 17.9 Å². The van der Waals surface area contributed by atoms with Crippen molar-refractivity contribution in [2.45, 2.75) is 53.1 Å². The van der Waals surface area contributed by atoms with Crippen LogP contribution in [0.4, 0.5) is 0 Å². The summed E-state index contributed by atoms with van der Waals surface area (Å²) in [5.74, 6) is 1.59. The second-order valence-electron chi connectivity index (χ2n) is 5.36. The molecule has 1 aromatic rings. The summed E-state index contributed by atoms with van der Waals surface area (Å²) in [6.45, 7) is 12.6. The molecule has 0 spiro atoms. The van der Waals surface area contributed by atoms with Gasteiger partial charge in [-0.3, -0.25) is 0 Å². The van der Waals surface area contributed by atoms with Crippen LogP contribution < -0.4 is 14.8 Å². The van der Waals surface area contributed by atoms with Gasteiger partial charge in [-0.25, -0.2) is 0 Å². The molecule has 0 atom stereocenters. The van der Waals surface area contributed by atoms with Gasteiger partial charge >= 0.3 is 0 Å². The number of hydrogen-bond acceptors (Lipinski definition) is 3. The molecule has 0 aliphatic rings. The number of benzene rings is 1. The summed E-state index contributed by atoms with van der Waals surface area (Å²) in [5.41, 5.74) is 1.32. The maximum Gasteiger partial charge on any atom is 0.175 e. The number of hydrogen-bond donors (Lipinski definition) is 1. The van der Waals surface area contributed by atoms with Gasteiger partial charge in [0, 0.05) is 12.1 Å². The highest BCUT2D eigenvalue weighted by atomic mass is 79.9. The summed E-state index contributed by atoms with van der Waals surface area (Å²) >= 11 is 3.57. The molecule has 0 saturated carbocycles. The van der Waals surface area contributed by atoms with Gasteiger partial charge < -0.3 is 14.8 Å². The van der Waals surface area contributed by atoms with Crippen molar-refractivity contribution in [1.29, 1.82) is 0 Å². The maximum atomic E-state index is 5.69. The highest BCUT2D eigenvalue weighted by Crippen LogP contribution is 2.37. The van der Waals surface area contributed by atoms with Gasteiger partial charge in [0.05, 0.1) is 17.7 Å². The molecule has 1 rings (SSSR count). The third-order valence-electron chi connectivity index (χ3n) is 3.31. The van der Waals surface area contributed by atoms with Crippen molar-refractivity contribution in [3.63, 3.8) is 0 Å². The fraction of sp³-hybridized carbons (Fsp3) is 0.625. The van der Waals surface area contributed by atoms with E-state index in [2.05, 4.69) is 54.2 Å². The van der Waals surface area contributed by atoms with Gasteiger partial charge in [-0.1, -0.05) is 6.92 Å². The molecule has 0 saturated heterocycles. The van der Waals surface area contributed by atoms with Crippen LogP contribution in [0.15, 0.2) is 16.6 Å². The number of nitrogens with one attached hydrogen (secondary N) is 1. The average molecular weight is 381 g/mol. The fourth-order valence-electron chi connectivity index (χ4n) is 1.74. The monoisotopic (exact) mass is 379 g/mol. The van der Waals surface area contributed by atoms with Gasteiger partial charge in [0.25, 0.3) is 0 Å². The van der Waals surface area contributed by atoms with Gasteiger partial charge in [0.15, 0.2) is 11.5 Å². The molecule has 0 fully saturated rings. The van der Waals surface area contributed by atoms with Crippen LogP contribution in [0.2, 0.25) is 0 Å². The van der Waals surface area contributed by atoms with Crippen LogP contribution in [0, 0.1) is 0 Å². The van der Waals surface area contributed by atoms with Crippen LogP contribution >= 0.6 is 28.3 Å². The number of ether oxygens (including phenoxy) is 2. The summed E-state index contributed by atoms with van der Waals surface area (Å²) in [6.07, 6.45) is 1.09. The van der Waals surface area contributed by atoms with Crippen LogP contribution in [0.3, 0.4) is 0 Å². The van der Waals surface area contributed by atoms with Crippen molar-refractivity contribution in [2.24, 2.45) is 0 Å². The molecule has 0 bridgehead atoms. The van der Waals surface area contributed by atoms with Crippen molar-refractivity contribution in [2.75, 3.05) is 13.2 Å². The van der Waals surface area contributed by atoms with Crippen molar-refractivity contribution in [3.8, 4) is 11.5 Å². The predicted molar refractivity (Wildman–Crippen MR) is 94.9 cm³/mol. The third-order valence-corrected chi connectivity index (χ3v) is 3.90. The summed E-state index contributed by atoms with van der Waals surface area (Å²) in [7, 11) is 0. The Kier molecular flexibility index (Phi) is 9.34. The van der Waals surface area contributed by atoms with Gasteiger partial charge in [0.1, 0.15) is 0 Å². The number of halogens is 2. The highest BCUT2D eigenvalue weighted by Gasteiger charge is 2.16. The summed E-state index contributed by atoms with van der Waals surface area (Å²) in [4.78, 5) is 0. The Balaban J connectivity index is 0.00000400. The molecule has 0 aliphatic carbocycles. The van der Waals surface area contributed by atoms with E-state index in [1.807, 2.05) is 13.8 Å². The van der Waals surface area contributed by atoms with Crippen LogP contribution in [0.1, 0.15) is 46.6 Å². The molecule has 0 unspecified atom stereocenters. The summed E-state index contributed by atoms with van der Waals surface area (Å²) < 4.78 is 12.3. The van der Waals surface area contributed by atoms with Crippen LogP contribution in [-0.2, 0) is 6.54 Å². The van der Waals surface area contributed by atoms with Gasteiger partial charge in [-0.15, -0.1) is 12.4 Å². The maximum absolute atomic E-state index is 5.69. The fourth-order valence-corrected chi connectivity index (χ4v) is 2.34. The first kappa shape index (κ1) is 20.6. The number of rotatable bonds is 8. The average Bonchev–Trinajstić information content (AvgIpc) is 2.41. The summed E-state index contributed by atoms with van der Waals surface area (Å²) in [6, 6.07) is 4.14. The van der Waals surface area contributed by atoms with Gasteiger partial charge in [-0.05, 0) is 67.7 Å². The molecule has 1 aromatic carbocycles. The lowest BCUT2D eigenvalue weighted by Crippen LogP contribution is -2.37. The van der Waals surface area contributed by atoms with Crippen molar-refractivity contribution < 1.29 is 9.47 Å². The first-order chi connectivity index (χ1) is 9.43. The molecule has 0 heterocycles. The van der Waals surface area contributed by atoms with Crippen molar-refractivity contribution in [1.82, 2.24) is 5.32 Å². The zero-order valence-electron chi connectivity index (χ0n) is 13.6. The Hall–Kier alpha value is -0.450. The van der Waals surface area contributed by atoms with E-state index >= 15 is 0 Å². The largest absolute Gasteiger partial charge is 0.490 e. The lowest BCUT2D eigenvalue weighted by molar-refractivity contribution is 0.285. The van der Waals surface area contributed by atoms with E-state index in [0.29, 0.717) is 13.2 Å². The smallest absolute Gasteiger partial charge is 0.175 e. The standard InChI is InChI=1S/C16H26BrNO2.ClH/c1-6-16(4,5)18-11-12-9-13(17)15(20-8-3)14(10-12)19-7-2;/h9-10,18H,6-8,11H2,1-5H3;1H. The topological polar surface area (TPSA) is 30.5 Å². The normalized spacial score (nSPS) is 11.0. The van der Waals surface area contributed by atoms with E-state index in [4.69, 9.17) is 9.47 Å². The SMILES string of the molecule is CCOc1cc(CNC(C)(C)CC)cc(Br)c1OCC.Cl. The second kappa shape index (κ2) is 9.54. The molecule has 0 radical (unpaired) electrons. The van der Waals surface area contributed by atoms with E-state index in [9.17, 15) is 0 Å². The van der Waals surface area contributed by atoms with Gasteiger partial charge in [0.2, 0.25) is 0 Å². The molecule has 21 heavy (non-hydrogen) atoms. The Morgan fingerprint density at radius 3 is 2.24 bits per heavy atom. The summed E-state index contributed by atoms with van der Waals surface area (Å²) in [5, 5.41) is 3.56. The first-order valence-corrected chi connectivity index (χ1v) is 8.05. The third kappa shape index (κ3) is 6.45. The van der Waals surface area contributed by atoms with Crippen LogP contribution in [0.25, 0.3) is 0 Å². The molecule has 0 amide bonds. The predicted octanol–water partition coefficient (Wildman–Crippen LogP) is 4.95. The molecule has 0 aliphatic heterocycles. The molecule has 1 N–H and O–H groups in total. The Bertz CT molecular complexity index is 439. The lowest BCUT2D eigenvalue weighted by Gasteiger charge is -2.25. The van der Waals surface area contributed by atoms with E-state index in [1.54, 1.807) is 0 Å². The molecule has 122 valence electrons. The second-order valence-corrected chi connectivity index (χ2v) is 6.22. The molecule has 3 nitrogen and oxygen atoms in total. The van der Waals surface area contributed by atoms with E-state index in [1.165, 1.54) is 5.56 Å². The van der Waals surface area contributed by atoms with Crippen LogP contribution in [0.5, 0.6) is 11.5 Å². The van der Waals surface area contributed by atoms with Crippen molar-refractivity contribution >= 4 is 28.3 Å². The zero-order valence-corrected chi connectivity index (χ0v) is 16.0. The molecular weight excluding hydrogens is 354 g/mol. The minimum atomic E-state index is 0. The van der Waals surface area contributed by atoms with Crippen LogP contribution in [-0.4, -0.2) is 18.8 Å².